The molecule has 18 nitrogen and oxygen atoms in total. The van der Waals surface area contributed by atoms with Crippen molar-refractivity contribution in [1.82, 2.24) is 69.8 Å². The molecule has 0 spiro atoms. The van der Waals surface area contributed by atoms with Crippen molar-refractivity contribution in [3.05, 3.63) is 186 Å². The van der Waals surface area contributed by atoms with E-state index >= 15 is 0 Å². The summed E-state index contributed by atoms with van der Waals surface area (Å²) in [5.41, 5.74) is 22.8. The number of fused-ring (bicyclic) bond motifs is 2. The van der Waals surface area contributed by atoms with Gasteiger partial charge in [0.05, 0.1) is 40.1 Å². The fourth-order valence-corrected chi connectivity index (χ4v) is 5.44. The van der Waals surface area contributed by atoms with Crippen molar-refractivity contribution in [2.45, 2.75) is 19.8 Å². The molecule has 6 radical (unpaired) electrons. The fourth-order valence-electron chi connectivity index (χ4n) is 3.98. The summed E-state index contributed by atoms with van der Waals surface area (Å²) in [5, 5.41) is 4.33. The zero-order valence-corrected chi connectivity index (χ0v) is 70.5. The number of allylic oxidation sites excluding steroid dienone is 2. The number of nitrogens with zero attached hydrogens (tertiary/aromatic N) is 14. The van der Waals surface area contributed by atoms with E-state index in [9.17, 15) is 0 Å². The van der Waals surface area contributed by atoms with Crippen LogP contribution in [0.15, 0.2) is 71.7 Å². The van der Waals surface area contributed by atoms with E-state index < -0.39 is 0 Å². The number of rotatable bonds is 1. The van der Waals surface area contributed by atoms with Crippen molar-refractivity contribution < 1.29 is 196 Å². The monoisotopic (exact) mass is 1930 g/mol. The Hall–Kier alpha value is 0.793. The van der Waals surface area contributed by atoms with Crippen LogP contribution in [0.2, 0.25) is 36.9 Å². The van der Waals surface area contributed by atoms with E-state index in [-0.39, 0.29) is 228 Å². The Balaban J connectivity index is -0.000000124. The maximum atomic E-state index is 6.75. The van der Waals surface area contributed by atoms with Gasteiger partial charge in [-0.15, -0.1) is 24.3 Å². The van der Waals surface area contributed by atoms with Crippen LogP contribution < -0.4 is 22.5 Å². The molecule has 0 amide bonds. The second-order valence-electron chi connectivity index (χ2n) is 11.7. The molecule has 2 aliphatic rings. The van der Waals surface area contributed by atoms with Crippen LogP contribution in [0.25, 0.3) is 12.2 Å². The molecule has 0 fully saturated rings. The molecular formula is C46H33Br4Cl7N18Y6-6. The van der Waals surface area contributed by atoms with Crippen LogP contribution in [0.1, 0.15) is 39.6 Å². The number of nitrogens with one attached hydrogen (secondary N) is 1. The number of nitrogen functional groups attached to an aromatic ring is 3. The minimum Gasteiger partial charge on any atom is -0.697 e. The van der Waals surface area contributed by atoms with Crippen molar-refractivity contribution in [3.8, 4) is 24.7 Å². The Morgan fingerprint density at radius 1 is 0.519 bits per heavy atom. The number of anilines is 4. The molecule has 0 saturated carbocycles. The smallest absolute Gasteiger partial charge is 0.223 e. The SMILES string of the molecule is BrBr.C=C.CNc1ncc2c(n1)C=[C-]C2.Cc1nc(Cl)ncc1N.Clc1ncc(Br)c(Cl)n1.Clc1ncc2c(n1)C=[C-]C2.Nc1cnc(Cl)nc1.[C-]#C.[C-]#C.[C-]#Cc1nc(Cl)ncc1Br.[C-]#Cc1nc(Cl)ncc1N.[Y].[Y].[Y].[Y].[Y].[Y]. The summed E-state index contributed by atoms with van der Waals surface area (Å²) in [6.07, 6.45) is 55.3. The van der Waals surface area contributed by atoms with Gasteiger partial charge in [0.1, 0.15) is 5.15 Å². The van der Waals surface area contributed by atoms with Gasteiger partial charge in [0.15, 0.2) is 0 Å². The molecule has 35 heteroatoms. The normalized spacial score (nSPS) is 8.88. The second kappa shape index (κ2) is 61.1. The summed E-state index contributed by atoms with van der Waals surface area (Å²) in [5.74, 6) is 4.80. The predicted octanol–water partition coefficient (Wildman–Crippen LogP) is 12.0. The Bertz CT molecular complexity index is 2920. The molecule has 0 atom stereocenters. The summed E-state index contributed by atoms with van der Waals surface area (Å²) < 4.78 is 1.26. The van der Waals surface area contributed by atoms with Gasteiger partial charge in [-0.25, -0.2) is 62.0 Å². The van der Waals surface area contributed by atoms with Crippen LogP contribution in [-0.2, 0) is 209 Å². The van der Waals surface area contributed by atoms with Crippen molar-refractivity contribution >= 4 is 176 Å². The van der Waals surface area contributed by atoms with E-state index in [1.54, 1.807) is 13.1 Å². The first-order chi connectivity index (χ1) is 35.9. The van der Waals surface area contributed by atoms with Gasteiger partial charge in [0, 0.05) is 263 Å². The van der Waals surface area contributed by atoms with E-state index in [2.05, 4.69) is 179 Å². The van der Waals surface area contributed by atoms with Gasteiger partial charge >= 0.3 is 0 Å². The minimum absolute atomic E-state index is 0. The topological polar surface area (TPSA) is 271 Å². The molecule has 0 saturated heterocycles. The Labute approximate surface area is 689 Å². The first-order valence-electron chi connectivity index (χ1n) is 19.0. The number of hydrogen-bond donors (Lipinski definition) is 4. The fraction of sp³-hybridized carbons (Fsp3) is 0.0870. The average Bonchev–Trinajstić information content (AvgIpc) is 4.12. The van der Waals surface area contributed by atoms with Gasteiger partial charge in [-0.05, 0) is 114 Å². The molecule has 7 aromatic heterocycles. The third-order valence-corrected chi connectivity index (χ3v) is 9.87. The number of nitrogens with two attached hydrogens (primary N) is 3. The molecule has 0 aromatic carbocycles. The van der Waals surface area contributed by atoms with Crippen LogP contribution in [0.4, 0.5) is 23.0 Å². The third kappa shape index (κ3) is 44.0. The summed E-state index contributed by atoms with van der Waals surface area (Å²) in [7, 11) is 1.81. The molecular weight excluding hydrogens is 1910 g/mol. The van der Waals surface area contributed by atoms with Crippen LogP contribution in [0.5, 0.6) is 0 Å². The quantitative estimate of drug-likeness (QED) is 0.0391. The van der Waals surface area contributed by atoms with Crippen LogP contribution in [0.3, 0.4) is 0 Å². The van der Waals surface area contributed by atoms with Crippen molar-refractivity contribution in [1.29, 1.82) is 0 Å². The van der Waals surface area contributed by atoms with E-state index in [0.717, 1.165) is 41.1 Å². The summed E-state index contributed by atoms with van der Waals surface area (Å²) >= 11 is 49.8. The summed E-state index contributed by atoms with van der Waals surface area (Å²) in [6.45, 7) is 7.78. The third-order valence-electron chi connectivity index (χ3n) is 7.09. The first kappa shape index (κ1) is 98.0. The van der Waals surface area contributed by atoms with Gasteiger partial charge in [0.25, 0.3) is 0 Å². The van der Waals surface area contributed by atoms with E-state index in [1.165, 1.54) is 37.2 Å². The zero-order valence-electron chi connectivity index (χ0n) is 41.9. The largest absolute Gasteiger partial charge is 0.697 e. The molecule has 7 N–H and O–H groups in total. The summed E-state index contributed by atoms with van der Waals surface area (Å²) in [4.78, 5) is 52.7. The molecule has 2 aliphatic carbocycles. The molecule has 0 aliphatic heterocycles. The molecule has 9 rings (SSSR count). The van der Waals surface area contributed by atoms with Crippen LogP contribution in [-0.4, -0.2) is 76.8 Å². The zero-order chi connectivity index (χ0) is 57.5. The van der Waals surface area contributed by atoms with Crippen molar-refractivity contribution in [2.24, 2.45) is 0 Å². The van der Waals surface area contributed by atoms with Crippen molar-refractivity contribution in [3.63, 3.8) is 0 Å². The van der Waals surface area contributed by atoms with Gasteiger partial charge in [-0.3, -0.25) is 24.0 Å². The van der Waals surface area contributed by atoms with Crippen molar-refractivity contribution in [2.75, 3.05) is 29.6 Å². The van der Waals surface area contributed by atoms with E-state index in [4.69, 9.17) is 124 Å². The van der Waals surface area contributed by atoms with Gasteiger partial charge in [-0.1, -0.05) is 51.8 Å². The number of terminal acetylenes is 2. The minimum atomic E-state index is 0. The molecule has 7 heterocycles. The van der Waals surface area contributed by atoms with Crippen LogP contribution >= 0.6 is 141 Å². The van der Waals surface area contributed by atoms with E-state index in [1.807, 2.05) is 31.3 Å². The van der Waals surface area contributed by atoms with Gasteiger partial charge in [-0.2, -0.15) is 0 Å². The maximum absolute atomic E-state index is 6.75. The van der Waals surface area contributed by atoms with Crippen LogP contribution in [0, 0.1) is 69.5 Å². The number of aryl methyl sites for hydroxylation is 1. The second-order valence-corrected chi connectivity index (χ2v) is 15.8. The molecule has 408 valence electrons. The Kier molecular flexibility index (Phi) is 73.9. The number of halogens is 11. The summed E-state index contributed by atoms with van der Waals surface area (Å²) in [6, 6.07) is 0. The standard InChI is InChI=1S/C8H8N3.C7H4ClN2.C6HBrClN2.C6H3ClN3.C5H6ClN3.C4HBrCl2N2.C4H4ClN3.C2H4.2C2H.Br2.6Y/c1-9-8-10-5-6-3-2-4-7(6)11-8;8-7-9-4-5-2-1-3-6(5)10-7;1-2-5-4(7)3-9-6(8)10-5;1-2-5-4(8)3-9-6(7)10-5;1-3-4(7)2-8-5(6)9-3;5-2-1-8-4(7)9-3(2)6;5-4-7-1-3(6)2-8-4;4*1-2;;;;;;/h4-5H,3H2,1H3,(H,9,10,11);3-4H,2H2;3H;3H,8H2;2H,7H2,1H3;1H;1-2H,6H2;1-2H2;2*1H;;;;;;;/q4*-1;;;;;2*-1;;;;;;;. The van der Waals surface area contributed by atoms with Gasteiger partial charge < -0.3 is 81.0 Å². The Morgan fingerprint density at radius 3 is 1.28 bits per heavy atom. The predicted molar refractivity (Wildman–Crippen MR) is 313 cm³/mol. The first-order valence-corrected chi connectivity index (χ1v) is 26.9. The molecule has 0 unspecified atom stereocenters. The molecule has 81 heavy (non-hydrogen) atoms. The molecule has 0 bridgehead atoms. The maximum Gasteiger partial charge on any atom is 0.223 e. The molecule has 7 aromatic rings. The number of hydrogen-bond acceptors (Lipinski definition) is 18. The van der Waals surface area contributed by atoms with E-state index in [0.29, 0.717) is 48.1 Å². The average molecular weight is 1940 g/mol. The number of aromatic nitrogens is 14. The van der Waals surface area contributed by atoms with Gasteiger partial charge in [0.2, 0.25) is 37.6 Å². The Morgan fingerprint density at radius 2 is 0.889 bits per heavy atom.